The Hall–Kier alpha value is -5.20. The lowest BCUT2D eigenvalue weighted by molar-refractivity contribution is -0.141. The summed E-state index contributed by atoms with van der Waals surface area (Å²) in [7, 11) is 4.43. The number of ether oxygens (including phenoxy) is 1. The van der Waals surface area contributed by atoms with E-state index in [-0.39, 0.29) is 41.5 Å². The number of benzene rings is 2. The molecule has 44 heavy (non-hydrogen) atoms. The normalized spacial score (nSPS) is 13.3. The minimum Gasteiger partial charge on any atom is -0.497 e. The largest absolute Gasteiger partial charge is 0.497 e. The highest BCUT2D eigenvalue weighted by molar-refractivity contribution is 6.15. The molecule has 10 nitrogen and oxygen atoms in total. The van der Waals surface area contributed by atoms with Crippen molar-refractivity contribution in [2.24, 2.45) is 7.05 Å². The maximum absolute atomic E-state index is 14.4. The van der Waals surface area contributed by atoms with E-state index in [4.69, 9.17) is 4.74 Å². The van der Waals surface area contributed by atoms with Crippen molar-refractivity contribution in [1.29, 1.82) is 0 Å². The van der Waals surface area contributed by atoms with Crippen LogP contribution in [0, 0.1) is 6.92 Å². The van der Waals surface area contributed by atoms with Crippen molar-refractivity contribution in [2.45, 2.75) is 26.1 Å². The summed E-state index contributed by atoms with van der Waals surface area (Å²) >= 11 is 0. The number of hydrogen-bond acceptors (Lipinski definition) is 6. The summed E-state index contributed by atoms with van der Waals surface area (Å²) in [6.07, 6.45) is 1.87. The number of carbonyl (C=O) groups excluding carboxylic acids is 2. The van der Waals surface area contributed by atoms with Gasteiger partial charge in [0.2, 0.25) is 0 Å². The van der Waals surface area contributed by atoms with Gasteiger partial charge in [-0.1, -0.05) is 0 Å². The summed E-state index contributed by atoms with van der Waals surface area (Å²) < 4.78 is 50.7. The molecule has 5 aromatic rings. The molecular weight excluding hydrogens is 575 g/mol. The van der Waals surface area contributed by atoms with Crippen molar-refractivity contribution in [1.82, 2.24) is 29.6 Å². The van der Waals surface area contributed by atoms with Crippen molar-refractivity contribution in [3.63, 3.8) is 0 Å². The molecule has 0 fully saturated rings. The molecule has 2 amide bonds. The van der Waals surface area contributed by atoms with Gasteiger partial charge in [-0.25, -0.2) is 4.98 Å². The summed E-state index contributed by atoms with van der Waals surface area (Å²) in [5.74, 6) is -0.332. The molecule has 13 heteroatoms. The zero-order valence-electron chi connectivity index (χ0n) is 24.4. The third-order valence-electron chi connectivity index (χ3n) is 7.67. The predicted octanol–water partition coefficient (Wildman–Crippen LogP) is 4.78. The van der Waals surface area contributed by atoms with E-state index in [1.165, 1.54) is 27.4 Å². The molecule has 2 aromatic carbocycles. The molecule has 0 bridgehead atoms. The number of methoxy groups -OCH3 is 1. The lowest BCUT2D eigenvalue weighted by atomic mass is 9.87. The minimum absolute atomic E-state index is 0.0878. The monoisotopic (exact) mass is 603 g/mol. The van der Waals surface area contributed by atoms with E-state index in [0.29, 0.717) is 51.3 Å². The Kier molecular flexibility index (Phi) is 7.10. The first-order valence-electron chi connectivity index (χ1n) is 13.7. The van der Waals surface area contributed by atoms with E-state index in [0.717, 1.165) is 4.68 Å². The molecule has 0 atom stereocenters. The van der Waals surface area contributed by atoms with E-state index in [9.17, 15) is 22.8 Å². The van der Waals surface area contributed by atoms with E-state index in [2.05, 4.69) is 20.4 Å². The second-order valence-electron chi connectivity index (χ2n) is 10.6. The van der Waals surface area contributed by atoms with Gasteiger partial charge in [0.15, 0.2) is 5.69 Å². The smallest absolute Gasteiger partial charge is 0.435 e. The predicted molar refractivity (Wildman–Crippen MR) is 157 cm³/mol. The lowest BCUT2D eigenvalue weighted by Gasteiger charge is -2.31. The molecule has 1 N–H and O–H groups in total. The summed E-state index contributed by atoms with van der Waals surface area (Å²) in [5.41, 5.74) is 2.43. The molecule has 0 aliphatic carbocycles. The minimum atomic E-state index is -4.69. The zero-order valence-corrected chi connectivity index (χ0v) is 24.4. The molecular formula is C31H28F3N7O3. The molecule has 0 saturated heterocycles. The summed E-state index contributed by atoms with van der Waals surface area (Å²) in [6, 6.07) is 8.49. The van der Waals surface area contributed by atoms with Gasteiger partial charge in [0, 0.05) is 68.0 Å². The fraction of sp³-hybridized carbons (Fsp3) is 0.258. The zero-order chi connectivity index (χ0) is 31.3. The van der Waals surface area contributed by atoms with Crippen LogP contribution in [0.2, 0.25) is 0 Å². The number of aryl methyl sites for hydroxylation is 2. The second-order valence-corrected chi connectivity index (χ2v) is 10.6. The van der Waals surface area contributed by atoms with Gasteiger partial charge in [-0.05, 0) is 60.4 Å². The number of halogens is 3. The molecule has 1 aliphatic heterocycles. The average Bonchev–Trinajstić information content (AvgIpc) is 3.65. The average molecular weight is 604 g/mol. The van der Waals surface area contributed by atoms with Gasteiger partial charge in [0.1, 0.15) is 5.75 Å². The Bertz CT molecular complexity index is 1930. The number of hydrogen-bond donors (Lipinski definition) is 1. The van der Waals surface area contributed by atoms with Crippen LogP contribution in [0.1, 0.15) is 43.2 Å². The summed E-state index contributed by atoms with van der Waals surface area (Å²) in [4.78, 5) is 37.4. The topological polar surface area (TPSA) is 107 Å². The highest BCUT2D eigenvalue weighted by atomic mass is 19.4. The number of nitrogens with zero attached hydrogens (tertiary/aromatic N) is 6. The molecule has 226 valence electrons. The number of imidazole rings is 1. The highest BCUT2D eigenvalue weighted by Gasteiger charge is 2.39. The fourth-order valence-corrected chi connectivity index (χ4v) is 5.77. The SMILES string of the molecule is CNC(=O)c1cc(OC)cc2c(N3CCc4c(cc(Cn5ccnc5)cc4-c4cn(C)nc4C(F)(F)F)C3=O)cc(C)nc12. The van der Waals surface area contributed by atoms with Crippen LogP contribution in [-0.4, -0.2) is 56.8 Å². The van der Waals surface area contributed by atoms with Gasteiger partial charge in [0.05, 0.1) is 30.2 Å². The Morgan fingerprint density at radius 2 is 1.89 bits per heavy atom. The van der Waals surface area contributed by atoms with Crippen molar-refractivity contribution in [3.05, 3.63) is 88.9 Å². The fourth-order valence-electron chi connectivity index (χ4n) is 5.77. The van der Waals surface area contributed by atoms with Crippen LogP contribution in [-0.2, 0) is 26.2 Å². The summed E-state index contributed by atoms with van der Waals surface area (Å²) in [5, 5.41) is 6.87. The first-order valence-corrected chi connectivity index (χ1v) is 13.7. The first kappa shape index (κ1) is 28.9. The number of anilines is 1. The molecule has 6 rings (SSSR count). The van der Waals surface area contributed by atoms with Crippen LogP contribution in [0.5, 0.6) is 5.75 Å². The van der Waals surface area contributed by atoms with Crippen LogP contribution < -0.4 is 15.0 Å². The molecule has 1 aliphatic rings. The molecule has 0 radical (unpaired) electrons. The van der Waals surface area contributed by atoms with Crippen LogP contribution in [0.4, 0.5) is 18.9 Å². The molecule has 3 aromatic heterocycles. The Morgan fingerprint density at radius 1 is 1.11 bits per heavy atom. The van der Waals surface area contributed by atoms with E-state index in [1.54, 1.807) is 65.4 Å². The van der Waals surface area contributed by atoms with E-state index >= 15 is 0 Å². The maximum atomic E-state index is 14.4. The number of alkyl halides is 3. The Balaban J connectivity index is 1.55. The van der Waals surface area contributed by atoms with Crippen LogP contribution in [0.25, 0.3) is 22.0 Å². The van der Waals surface area contributed by atoms with Gasteiger partial charge in [-0.3, -0.25) is 19.3 Å². The second kappa shape index (κ2) is 10.8. The number of fused-ring (bicyclic) bond motifs is 2. The van der Waals surface area contributed by atoms with Crippen LogP contribution >= 0.6 is 0 Å². The van der Waals surface area contributed by atoms with E-state index in [1.807, 2.05) is 0 Å². The molecule has 4 heterocycles. The number of carbonyl (C=O) groups is 2. The quantitative estimate of drug-likeness (QED) is 0.300. The van der Waals surface area contributed by atoms with Crippen molar-refractivity contribution >= 4 is 28.4 Å². The van der Waals surface area contributed by atoms with Crippen LogP contribution in [0.15, 0.2) is 55.2 Å². The first-order chi connectivity index (χ1) is 21.0. The third-order valence-corrected chi connectivity index (χ3v) is 7.67. The number of aromatic nitrogens is 5. The van der Waals surface area contributed by atoms with E-state index < -0.39 is 11.9 Å². The van der Waals surface area contributed by atoms with Gasteiger partial charge in [-0.15, -0.1) is 0 Å². The molecule has 0 unspecified atom stereocenters. The number of rotatable bonds is 6. The molecule has 0 spiro atoms. The van der Waals surface area contributed by atoms with Crippen LogP contribution in [0.3, 0.4) is 0 Å². The summed E-state index contributed by atoms with van der Waals surface area (Å²) in [6.45, 7) is 2.25. The van der Waals surface area contributed by atoms with Crippen molar-refractivity contribution in [3.8, 4) is 16.9 Å². The maximum Gasteiger partial charge on any atom is 0.435 e. The Labute approximate surface area is 250 Å². The number of pyridine rings is 1. The standard InChI is InChI=1S/C31H28F3N7O3/c1-17-9-26(23-12-19(44-4)13-24(27(23)37-17)29(42)35-2)41-7-5-20-21(25-15-39(3)38-28(25)31(32,33)34)10-18(11-22(20)30(41)43)14-40-8-6-36-16-40/h6,8-13,15-16H,5,7,14H2,1-4H3,(H,35,42). The van der Waals surface area contributed by atoms with Gasteiger partial charge < -0.3 is 19.5 Å². The van der Waals surface area contributed by atoms with Crippen molar-refractivity contribution in [2.75, 3.05) is 25.6 Å². The number of amides is 2. The lowest BCUT2D eigenvalue weighted by Crippen LogP contribution is -2.38. The highest BCUT2D eigenvalue weighted by Crippen LogP contribution is 2.41. The van der Waals surface area contributed by atoms with Gasteiger partial charge in [-0.2, -0.15) is 18.3 Å². The van der Waals surface area contributed by atoms with Gasteiger partial charge >= 0.3 is 6.18 Å². The van der Waals surface area contributed by atoms with Gasteiger partial charge in [0.25, 0.3) is 11.8 Å². The number of nitrogens with one attached hydrogen (secondary N) is 1. The third kappa shape index (κ3) is 5.03. The molecule has 0 saturated carbocycles. The Morgan fingerprint density at radius 3 is 2.57 bits per heavy atom. The van der Waals surface area contributed by atoms with Crippen molar-refractivity contribution < 1.29 is 27.5 Å².